The molecule has 1 aliphatic rings. The van der Waals surface area contributed by atoms with Crippen molar-refractivity contribution in [3.8, 4) is 0 Å². The van der Waals surface area contributed by atoms with Crippen LogP contribution in [0.15, 0.2) is 60.7 Å². The van der Waals surface area contributed by atoms with Gasteiger partial charge in [0.15, 0.2) is 0 Å². The predicted octanol–water partition coefficient (Wildman–Crippen LogP) is 4.31. The summed E-state index contributed by atoms with van der Waals surface area (Å²) in [4.78, 5) is 0. The van der Waals surface area contributed by atoms with Crippen LogP contribution in [-0.4, -0.2) is 29.5 Å². The Morgan fingerprint density at radius 2 is 1.63 bits per heavy atom. The predicted molar refractivity (Wildman–Crippen MR) is 117 cm³/mol. The molecule has 8 heteroatoms. The van der Waals surface area contributed by atoms with E-state index in [1.54, 1.807) is 4.31 Å². The first kappa shape index (κ1) is 21.1. The van der Waals surface area contributed by atoms with E-state index >= 15 is 0 Å². The van der Waals surface area contributed by atoms with Crippen LogP contribution >= 0.6 is 11.3 Å². The van der Waals surface area contributed by atoms with E-state index in [2.05, 4.69) is 10.2 Å². The number of piperidine rings is 1. The number of sulfonamides is 1. The second kappa shape index (κ2) is 9.78. The topological polar surface area (TPSA) is 72.4 Å². The second-order valence-electron chi connectivity index (χ2n) is 7.38. The molecular weight excluding hydrogens is 418 g/mol. The maximum Gasteiger partial charge on any atom is 0.218 e. The summed E-state index contributed by atoms with van der Waals surface area (Å²) in [6.07, 6.45) is 2.63. The first-order chi connectivity index (χ1) is 14.6. The highest BCUT2D eigenvalue weighted by atomic mass is 32.2. The van der Waals surface area contributed by atoms with E-state index in [4.69, 9.17) is 4.74 Å². The smallest absolute Gasteiger partial charge is 0.218 e. The van der Waals surface area contributed by atoms with E-state index in [-0.39, 0.29) is 11.8 Å². The first-order valence-corrected chi connectivity index (χ1v) is 12.5. The highest BCUT2D eigenvalue weighted by Crippen LogP contribution is 2.35. The number of aromatic nitrogens is 2. The zero-order valence-electron chi connectivity index (χ0n) is 16.7. The summed E-state index contributed by atoms with van der Waals surface area (Å²) in [6, 6.07) is 19.1. The number of hydrogen-bond donors (Lipinski definition) is 0. The van der Waals surface area contributed by atoms with Gasteiger partial charge in [-0.05, 0) is 24.0 Å². The van der Waals surface area contributed by atoms with Gasteiger partial charge < -0.3 is 4.74 Å². The molecule has 30 heavy (non-hydrogen) atoms. The number of nitrogens with zero attached hydrogens (tertiary/aromatic N) is 3. The quantitative estimate of drug-likeness (QED) is 0.519. The van der Waals surface area contributed by atoms with Crippen LogP contribution in [0.5, 0.6) is 0 Å². The summed E-state index contributed by atoms with van der Waals surface area (Å²) in [6.45, 7) is 1.41. The van der Waals surface area contributed by atoms with E-state index in [9.17, 15) is 8.42 Å². The molecule has 0 bridgehead atoms. The standard InChI is InChI=1S/C22H25N3O3S2/c26-30(27,17-19-11-5-2-6-12-19)25-14-8-7-13-20(25)22-24-23-21(29-22)16-28-15-18-9-3-1-4-10-18/h1-6,9-12,20H,7-8,13-17H2. The van der Waals surface area contributed by atoms with E-state index < -0.39 is 10.0 Å². The largest absolute Gasteiger partial charge is 0.370 e. The van der Waals surface area contributed by atoms with Gasteiger partial charge in [0.05, 0.1) is 18.4 Å². The van der Waals surface area contributed by atoms with Crippen molar-refractivity contribution < 1.29 is 13.2 Å². The van der Waals surface area contributed by atoms with Gasteiger partial charge in [0, 0.05) is 6.54 Å². The van der Waals surface area contributed by atoms with Crippen LogP contribution in [0.2, 0.25) is 0 Å². The average Bonchev–Trinajstić information content (AvgIpc) is 3.24. The molecule has 0 amide bonds. The van der Waals surface area contributed by atoms with E-state index in [0.29, 0.717) is 19.8 Å². The van der Waals surface area contributed by atoms with E-state index in [1.807, 2.05) is 60.7 Å². The van der Waals surface area contributed by atoms with Crippen molar-refractivity contribution in [3.63, 3.8) is 0 Å². The lowest BCUT2D eigenvalue weighted by Crippen LogP contribution is -2.39. The van der Waals surface area contributed by atoms with Crippen molar-refractivity contribution in [1.29, 1.82) is 0 Å². The zero-order chi connectivity index (χ0) is 20.8. The van der Waals surface area contributed by atoms with Crippen molar-refractivity contribution in [2.24, 2.45) is 0 Å². The fraction of sp³-hybridized carbons (Fsp3) is 0.364. The molecule has 158 valence electrons. The van der Waals surface area contributed by atoms with Crippen molar-refractivity contribution in [2.75, 3.05) is 6.54 Å². The van der Waals surface area contributed by atoms with Crippen LogP contribution in [0, 0.1) is 0 Å². The minimum Gasteiger partial charge on any atom is -0.370 e. The second-order valence-corrected chi connectivity index (χ2v) is 10.4. The molecule has 6 nitrogen and oxygen atoms in total. The van der Waals surface area contributed by atoms with Crippen molar-refractivity contribution in [3.05, 3.63) is 81.8 Å². The molecule has 1 saturated heterocycles. The van der Waals surface area contributed by atoms with Crippen molar-refractivity contribution in [2.45, 2.75) is 44.3 Å². The molecule has 1 unspecified atom stereocenters. The molecule has 0 aliphatic carbocycles. The van der Waals surface area contributed by atoms with Gasteiger partial charge in [0.2, 0.25) is 10.0 Å². The Bertz CT molecular complexity index is 1040. The third kappa shape index (κ3) is 5.31. The number of rotatable bonds is 8. The van der Waals surface area contributed by atoms with E-state index in [1.165, 1.54) is 11.3 Å². The molecule has 4 rings (SSSR count). The molecule has 0 radical (unpaired) electrons. The summed E-state index contributed by atoms with van der Waals surface area (Å²) in [5, 5.41) is 10.1. The van der Waals surface area contributed by atoms with Gasteiger partial charge >= 0.3 is 0 Å². The van der Waals surface area contributed by atoms with Crippen molar-refractivity contribution >= 4 is 21.4 Å². The molecule has 0 spiro atoms. The first-order valence-electron chi connectivity index (χ1n) is 10.1. The van der Waals surface area contributed by atoms with Gasteiger partial charge in [-0.1, -0.05) is 78.4 Å². The fourth-order valence-corrected chi connectivity index (χ4v) is 6.42. The third-order valence-corrected chi connectivity index (χ3v) is 7.96. The Hall–Kier alpha value is -2.13. The third-order valence-electron chi connectivity index (χ3n) is 5.11. The maximum absolute atomic E-state index is 13.1. The zero-order valence-corrected chi connectivity index (χ0v) is 18.3. The molecule has 1 fully saturated rings. The molecule has 0 saturated carbocycles. The van der Waals surface area contributed by atoms with Crippen LogP contribution in [0.3, 0.4) is 0 Å². The SMILES string of the molecule is O=S(=O)(Cc1ccccc1)N1CCCCC1c1nnc(COCc2ccccc2)s1. The summed E-state index contributed by atoms with van der Waals surface area (Å²) >= 11 is 1.45. The normalized spacial score (nSPS) is 17.8. The van der Waals surface area contributed by atoms with Crippen LogP contribution in [-0.2, 0) is 33.7 Å². The Labute approximate surface area is 181 Å². The van der Waals surface area contributed by atoms with Gasteiger partial charge in [0.1, 0.15) is 16.6 Å². The fourth-order valence-electron chi connectivity index (χ4n) is 3.64. The molecule has 0 N–H and O–H groups in total. The Kier molecular flexibility index (Phi) is 6.89. The van der Waals surface area contributed by atoms with Gasteiger partial charge in [-0.25, -0.2) is 8.42 Å². The number of ether oxygens (including phenoxy) is 1. The maximum atomic E-state index is 13.1. The lowest BCUT2D eigenvalue weighted by molar-refractivity contribution is 0.106. The Morgan fingerprint density at radius 3 is 2.37 bits per heavy atom. The number of benzene rings is 2. The molecule has 3 aromatic rings. The molecule has 1 atom stereocenters. The monoisotopic (exact) mass is 443 g/mol. The summed E-state index contributed by atoms with van der Waals surface area (Å²) < 4.78 is 33.6. The van der Waals surface area contributed by atoms with Gasteiger partial charge in [-0.2, -0.15) is 4.31 Å². The van der Waals surface area contributed by atoms with Crippen LogP contribution in [0.4, 0.5) is 0 Å². The summed E-state index contributed by atoms with van der Waals surface area (Å²) in [7, 11) is -3.44. The minimum atomic E-state index is -3.44. The molecular formula is C22H25N3O3S2. The average molecular weight is 444 g/mol. The molecule has 2 heterocycles. The van der Waals surface area contributed by atoms with Gasteiger partial charge in [-0.15, -0.1) is 10.2 Å². The molecule has 2 aromatic carbocycles. The Morgan fingerprint density at radius 1 is 0.933 bits per heavy atom. The van der Waals surface area contributed by atoms with Gasteiger partial charge in [-0.3, -0.25) is 0 Å². The molecule has 1 aliphatic heterocycles. The van der Waals surface area contributed by atoms with Crippen LogP contribution in [0.25, 0.3) is 0 Å². The van der Waals surface area contributed by atoms with Crippen LogP contribution < -0.4 is 0 Å². The highest BCUT2D eigenvalue weighted by molar-refractivity contribution is 7.88. The van der Waals surface area contributed by atoms with Crippen LogP contribution in [0.1, 0.15) is 46.4 Å². The minimum absolute atomic E-state index is 0.0101. The highest BCUT2D eigenvalue weighted by Gasteiger charge is 2.35. The summed E-state index contributed by atoms with van der Waals surface area (Å²) in [5.41, 5.74) is 1.90. The van der Waals surface area contributed by atoms with E-state index in [0.717, 1.165) is 40.4 Å². The van der Waals surface area contributed by atoms with Crippen molar-refractivity contribution in [1.82, 2.24) is 14.5 Å². The summed E-state index contributed by atoms with van der Waals surface area (Å²) in [5.74, 6) is 0.0101. The molecule has 1 aromatic heterocycles. The van der Waals surface area contributed by atoms with Gasteiger partial charge in [0.25, 0.3) is 0 Å². The lowest BCUT2D eigenvalue weighted by Gasteiger charge is -2.33. The number of hydrogen-bond acceptors (Lipinski definition) is 6. The lowest BCUT2D eigenvalue weighted by atomic mass is 10.1. The Balaban J connectivity index is 1.42.